The summed E-state index contributed by atoms with van der Waals surface area (Å²) in [6, 6.07) is 8.99. The molecular weight excluding hydrogens is 570 g/mol. The fourth-order valence-corrected chi connectivity index (χ4v) is 4.08. The number of hydrogen-bond donors (Lipinski definition) is 3. The summed E-state index contributed by atoms with van der Waals surface area (Å²) in [6.45, 7) is 0.147. The normalized spacial score (nSPS) is 11.8. The van der Waals surface area contributed by atoms with E-state index in [-0.39, 0.29) is 24.0 Å². The highest BCUT2D eigenvalue weighted by Gasteiger charge is 2.22. The maximum atomic E-state index is 13.8. The van der Waals surface area contributed by atoms with E-state index >= 15 is 0 Å². The molecule has 222 valence electrons. The first-order chi connectivity index (χ1) is 20.1. The third-order valence-corrected chi connectivity index (χ3v) is 6.62. The summed E-state index contributed by atoms with van der Waals surface area (Å²) < 4.78 is 32.8. The van der Waals surface area contributed by atoms with Crippen LogP contribution in [0.5, 0.6) is 0 Å². The molecule has 14 heteroatoms. The highest BCUT2D eigenvalue weighted by Crippen LogP contribution is 2.20. The number of rotatable bonds is 10. The Morgan fingerprint density at radius 3 is 2.69 bits per heavy atom. The number of urea groups is 1. The van der Waals surface area contributed by atoms with Crippen molar-refractivity contribution in [2.75, 3.05) is 39.6 Å². The molecule has 0 aliphatic heterocycles. The monoisotopic (exact) mass is 600 g/mol. The van der Waals surface area contributed by atoms with Gasteiger partial charge in [0, 0.05) is 45.8 Å². The van der Waals surface area contributed by atoms with Gasteiger partial charge in [-0.3, -0.25) is 15.6 Å². The van der Waals surface area contributed by atoms with Crippen LogP contribution in [0.2, 0.25) is 5.02 Å². The first-order valence-electron chi connectivity index (χ1n) is 12.9. The van der Waals surface area contributed by atoms with Gasteiger partial charge < -0.3 is 19.9 Å². The van der Waals surface area contributed by atoms with E-state index in [0.717, 1.165) is 0 Å². The molecule has 0 radical (unpaired) electrons. The summed E-state index contributed by atoms with van der Waals surface area (Å²) in [5.41, 5.74) is 0.406. The van der Waals surface area contributed by atoms with Gasteiger partial charge >= 0.3 is 12.1 Å². The summed E-state index contributed by atoms with van der Waals surface area (Å²) in [7, 11) is 5.02. The number of aromatic nitrogens is 1. The second-order valence-corrected chi connectivity index (χ2v) is 9.78. The molecule has 0 aliphatic rings. The molecular formula is C28H31ClF2N8O3. The van der Waals surface area contributed by atoms with Crippen molar-refractivity contribution in [2.24, 2.45) is 4.99 Å². The number of pyridine rings is 1. The van der Waals surface area contributed by atoms with Crippen molar-refractivity contribution in [3.8, 4) is 6.19 Å². The van der Waals surface area contributed by atoms with Crippen molar-refractivity contribution in [1.82, 2.24) is 25.4 Å². The lowest BCUT2D eigenvalue weighted by molar-refractivity contribution is 0.113. The number of nitriles is 1. The lowest BCUT2D eigenvalue weighted by Crippen LogP contribution is -2.46. The van der Waals surface area contributed by atoms with Crippen molar-refractivity contribution >= 4 is 46.3 Å². The number of aliphatic imine (C=N–C) groups is 1. The molecule has 3 rings (SSSR count). The third kappa shape index (κ3) is 9.17. The highest BCUT2D eigenvalue weighted by molar-refractivity contribution is 6.31. The molecule has 2 aromatic carbocycles. The maximum absolute atomic E-state index is 13.8. The van der Waals surface area contributed by atoms with Crippen LogP contribution in [0.25, 0.3) is 10.8 Å². The van der Waals surface area contributed by atoms with Crippen LogP contribution >= 0.6 is 11.6 Å². The van der Waals surface area contributed by atoms with Crippen LogP contribution in [0.1, 0.15) is 18.4 Å². The number of benzene rings is 2. The first-order valence-corrected chi connectivity index (χ1v) is 13.3. The van der Waals surface area contributed by atoms with Gasteiger partial charge in [-0.25, -0.2) is 23.4 Å². The highest BCUT2D eigenvalue weighted by atomic mass is 35.5. The number of anilines is 1. The molecule has 1 aromatic heterocycles. The van der Waals surface area contributed by atoms with Crippen molar-refractivity contribution in [2.45, 2.75) is 25.4 Å². The van der Waals surface area contributed by atoms with Crippen LogP contribution < -0.4 is 16.0 Å². The first kappa shape index (κ1) is 31.8. The molecule has 3 N–H and O–H groups in total. The molecule has 42 heavy (non-hydrogen) atoms. The van der Waals surface area contributed by atoms with Crippen LogP contribution in [0.4, 0.5) is 24.2 Å². The Bertz CT molecular complexity index is 1480. The number of nitrogens with zero attached hydrogens (tertiary/aromatic N) is 5. The average molecular weight is 601 g/mol. The Kier molecular flexibility index (Phi) is 11.6. The van der Waals surface area contributed by atoms with Crippen LogP contribution in [-0.4, -0.2) is 73.2 Å². The zero-order valence-electron chi connectivity index (χ0n) is 23.3. The van der Waals surface area contributed by atoms with Crippen LogP contribution in [0.15, 0.2) is 53.7 Å². The van der Waals surface area contributed by atoms with Crippen molar-refractivity contribution in [1.29, 1.82) is 5.26 Å². The Hall–Kier alpha value is -4.70. The minimum atomic E-state index is -0.810. The van der Waals surface area contributed by atoms with E-state index in [2.05, 4.69) is 25.9 Å². The van der Waals surface area contributed by atoms with Crippen molar-refractivity contribution < 1.29 is 23.1 Å². The molecule has 11 nitrogen and oxygen atoms in total. The SMILES string of the molecule is CN(C)C(=NCCC[C@@H](COC(=O)Nc1cc2cc(F)ccc2cn1)N(C)C(=O)NCc1cccc(F)c1Cl)NC#N. The summed E-state index contributed by atoms with van der Waals surface area (Å²) in [6.07, 6.45) is 3.40. The quantitative estimate of drug-likeness (QED) is 0.101. The maximum Gasteiger partial charge on any atom is 0.412 e. The second kappa shape index (κ2) is 15.3. The van der Waals surface area contributed by atoms with E-state index in [9.17, 15) is 18.4 Å². The standard InChI is InChI=1S/C28H31ClF2N8O3/c1-38(2)26(36-17-32)33-11-5-7-22(39(3)27(40)35-15-19-6-4-8-23(31)25(19)29)16-42-28(41)37-24-13-20-12-21(30)10-9-18(20)14-34-24/h4,6,8-10,12-14,22H,5,7,11,15-16H2,1-3H3,(H,33,36)(H,35,40)(H,34,37,41)/t22-/m0/s1. The predicted molar refractivity (Wildman–Crippen MR) is 156 cm³/mol. The van der Waals surface area contributed by atoms with Gasteiger partial charge in [0.1, 0.15) is 24.1 Å². The van der Waals surface area contributed by atoms with Gasteiger partial charge in [-0.05, 0) is 54.1 Å². The zero-order chi connectivity index (χ0) is 30.6. The number of guanidine groups is 1. The van der Waals surface area contributed by atoms with Gasteiger partial charge in [0.2, 0.25) is 5.96 Å². The van der Waals surface area contributed by atoms with Crippen LogP contribution in [-0.2, 0) is 11.3 Å². The number of hydrogen-bond acceptors (Lipinski definition) is 6. The van der Waals surface area contributed by atoms with Gasteiger partial charge in [-0.1, -0.05) is 23.7 Å². The van der Waals surface area contributed by atoms with Gasteiger partial charge in [-0.2, -0.15) is 5.26 Å². The molecule has 3 aromatic rings. The van der Waals surface area contributed by atoms with Gasteiger partial charge in [-0.15, -0.1) is 0 Å². The molecule has 0 saturated heterocycles. The number of ether oxygens (including phenoxy) is 1. The smallest absolute Gasteiger partial charge is 0.412 e. The predicted octanol–water partition coefficient (Wildman–Crippen LogP) is 4.69. The van der Waals surface area contributed by atoms with E-state index in [4.69, 9.17) is 21.6 Å². The summed E-state index contributed by atoms with van der Waals surface area (Å²) in [4.78, 5) is 37.1. The summed E-state index contributed by atoms with van der Waals surface area (Å²) >= 11 is 6.00. The average Bonchev–Trinajstić information content (AvgIpc) is 2.96. The van der Waals surface area contributed by atoms with E-state index in [1.807, 2.05) is 6.19 Å². The number of halogens is 3. The van der Waals surface area contributed by atoms with E-state index in [1.165, 1.54) is 41.4 Å². The minimum Gasteiger partial charge on any atom is -0.447 e. The third-order valence-electron chi connectivity index (χ3n) is 6.20. The van der Waals surface area contributed by atoms with E-state index < -0.39 is 29.8 Å². The van der Waals surface area contributed by atoms with Gasteiger partial charge in [0.05, 0.1) is 11.1 Å². The fourth-order valence-electron chi connectivity index (χ4n) is 3.88. The molecule has 0 bridgehead atoms. The molecule has 0 unspecified atom stereocenters. The number of fused-ring (bicyclic) bond motifs is 1. The molecule has 0 saturated carbocycles. The van der Waals surface area contributed by atoms with Crippen molar-refractivity contribution in [3.63, 3.8) is 0 Å². The molecule has 1 atom stereocenters. The zero-order valence-corrected chi connectivity index (χ0v) is 24.1. The number of carbonyl (C=O) groups is 2. The number of carbonyl (C=O) groups excluding carboxylic acids is 2. The van der Waals surface area contributed by atoms with E-state index in [0.29, 0.717) is 41.7 Å². The minimum absolute atomic E-state index is 0.0155. The topological polar surface area (TPSA) is 135 Å². The van der Waals surface area contributed by atoms with Gasteiger partial charge in [0.25, 0.3) is 0 Å². The number of amides is 3. The fraction of sp³-hybridized carbons (Fsp3) is 0.321. The number of nitrogens with one attached hydrogen (secondary N) is 3. The van der Waals surface area contributed by atoms with Crippen LogP contribution in [0, 0.1) is 23.1 Å². The summed E-state index contributed by atoms with van der Waals surface area (Å²) in [5, 5.41) is 17.8. The molecule has 0 fully saturated rings. The molecule has 1 heterocycles. The molecule has 0 spiro atoms. The van der Waals surface area contributed by atoms with E-state index in [1.54, 1.807) is 38.2 Å². The Morgan fingerprint density at radius 1 is 1.17 bits per heavy atom. The lowest BCUT2D eigenvalue weighted by atomic mass is 10.1. The Labute approximate surface area is 247 Å². The lowest BCUT2D eigenvalue weighted by Gasteiger charge is -2.28. The van der Waals surface area contributed by atoms with Crippen LogP contribution in [0.3, 0.4) is 0 Å². The Balaban J connectivity index is 1.65. The van der Waals surface area contributed by atoms with Crippen molar-refractivity contribution in [3.05, 3.63) is 70.9 Å². The number of likely N-dealkylation sites (N-methyl/N-ethyl adjacent to an activating group) is 1. The second-order valence-electron chi connectivity index (χ2n) is 9.40. The summed E-state index contributed by atoms with van der Waals surface area (Å²) in [5.74, 6) is -0.464. The molecule has 3 amide bonds. The van der Waals surface area contributed by atoms with Gasteiger partial charge in [0.15, 0.2) is 6.19 Å². The Morgan fingerprint density at radius 2 is 1.95 bits per heavy atom. The largest absolute Gasteiger partial charge is 0.447 e. The molecule has 0 aliphatic carbocycles.